The zero-order valence-electron chi connectivity index (χ0n) is 16.7. The van der Waals surface area contributed by atoms with Crippen molar-refractivity contribution in [2.24, 2.45) is 0 Å². The summed E-state index contributed by atoms with van der Waals surface area (Å²) in [6, 6.07) is 5.75. The Morgan fingerprint density at radius 3 is 2.37 bits per heavy atom. The van der Waals surface area contributed by atoms with Gasteiger partial charge in [0.1, 0.15) is 0 Å². The van der Waals surface area contributed by atoms with Gasteiger partial charge in [0.2, 0.25) is 5.91 Å². The number of aryl methyl sites for hydroxylation is 4. The molecule has 0 atom stereocenters. The van der Waals surface area contributed by atoms with Crippen LogP contribution in [0, 0.1) is 27.7 Å². The Labute approximate surface area is 165 Å². The summed E-state index contributed by atoms with van der Waals surface area (Å²) in [4.78, 5) is 32.8. The summed E-state index contributed by atoms with van der Waals surface area (Å²) in [5.41, 5.74) is 4.12. The summed E-state index contributed by atoms with van der Waals surface area (Å²) in [7, 11) is 0. The summed E-state index contributed by atoms with van der Waals surface area (Å²) in [6.07, 6.45) is 2.50. The van der Waals surface area contributed by atoms with Crippen molar-refractivity contribution in [3.8, 4) is 0 Å². The number of aromatic nitrogens is 1. The van der Waals surface area contributed by atoms with Crippen LogP contribution in [0.4, 0.5) is 0 Å². The zero-order chi connectivity index (χ0) is 19.6. The Morgan fingerprint density at radius 1 is 1.07 bits per heavy atom. The van der Waals surface area contributed by atoms with Gasteiger partial charge in [0, 0.05) is 42.3 Å². The van der Waals surface area contributed by atoms with E-state index in [1.807, 2.05) is 36.9 Å². The fourth-order valence-electron chi connectivity index (χ4n) is 3.49. The lowest BCUT2D eigenvalue weighted by molar-refractivity contribution is -0.132. The molecule has 5 heteroatoms. The molecule has 2 aromatic rings. The monoisotopic (exact) mass is 384 g/mol. The zero-order valence-corrected chi connectivity index (χ0v) is 17.5. The van der Waals surface area contributed by atoms with Gasteiger partial charge < -0.3 is 4.90 Å². The standard InChI is InChI=1S/C22H28N2O2S/c1-14-5-6-19(13-15(14)2)20(25)7-8-21(26)24-11-9-18(10-12-24)22-23-16(3)17(4)27-22/h5-6,13,18H,7-12H2,1-4H3. The molecule has 1 amide bonds. The average Bonchev–Trinajstić information content (AvgIpc) is 3.00. The van der Waals surface area contributed by atoms with Crippen molar-refractivity contribution < 1.29 is 9.59 Å². The van der Waals surface area contributed by atoms with Gasteiger partial charge in [-0.3, -0.25) is 9.59 Å². The highest BCUT2D eigenvalue weighted by Gasteiger charge is 2.26. The summed E-state index contributed by atoms with van der Waals surface area (Å²) in [5, 5.41) is 1.21. The van der Waals surface area contributed by atoms with E-state index in [0.29, 0.717) is 17.9 Å². The third-order valence-corrected chi connectivity index (χ3v) is 6.87. The van der Waals surface area contributed by atoms with E-state index in [-0.39, 0.29) is 18.1 Å². The second-order valence-corrected chi connectivity index (χ2v) is 8.81. The van der Waals surface area contributed by atoms with Crippen molar-refractivity contribution in [3.63, 3.8) is 0 Å². The van der Waals surface area contributed by atoms with Crippen LogP contribution >= 0.6 is 11.3 Å². The van der Waals surface area contributed by atoms with E-state index in [2.05, 4.69) is 18.8 Å². The molecular weight excluding hydrogens is 356 g/mol. The predicted molar refractivity (Wildman–Crippen MR) is 110 cm³/mol. The van der Waals surface area contributed by atoms with Crippen LogP contribution in [0.5, 0.6) is 0 Å². The molecule has 1 saturated heterocycles. The first-order chi connectivity index (χ1) is 12.8. The maximum Gasteiger partial charge on any atom is 0.223 e. The van der Waals surface area contributed by atoms with Crippen molar-refractivity contribution in [3.05, 3.63) is 50.5 Å². The van der Waals surface area contributed by atoms with E-state index in [0.717, 1.165) is 37.2 Å². The quantitative estimate of drug-likeness (QED) is 0.699. The summed E-state index contributed by atoms with van der Waals surface area (Å²) < 4.78 is 0. The number of rotatable bonds is 5. The molecule has 0 N–H and O–H groups in total. The fourth-order valence-corrected chi connectivity index (χ4v) is 4.58. The Morgan fingerprint density at radius 2 is 1.78 bits per heavy atom. The van der Waals surface area contributed by atoms with Crippen LogP contribution in [0.3, 0.4) is 0 Å². The molecule has 1 aliphatic heterocycles. The Balaban J connectivity index is 1.49. The van der Waals surface area contributed by atoms with Gasteiger partial charge in [-0.1, -0.05) is 12.1 Å². The highest BCUT2D eigenvalue weighted by atomic mass is 32.1. The Bertz CT molecular complexity index is 828. The first-order valence-electron chi connectivity index (χ1n) is 9.67. The van der Waals surface area contributed by atoms with E-state index in [1.165, 1.54) is 15.4 Å². The highest BCUT2D eigenvalue weighted by Crippen LogP contribution is 2.32. The van der Waals surface area contributed by atoms with Crippen LogP contribution in [-0.2, 0) is 4.79 Å². The van der Waals surface area contributed by atoms with Gasteiger partial charge in [-0.05, 0) is 57.7 Å². The molecule has 0 radical (unpaired) electrons. The maximum absolute atomic E-state index is 12.5. The highest BCUT2D eigenvalue weighted by molar-refractivity contribution is 7.11. The number of Topliss-reactive ketones (excluding diaryl/α,β-unsaturated/α-hetero) is 1. The molecule has 1 fully saturated rings. The first-order valence-corrected chi connectivity index (χ1v) is 10.5. The van der Waals surface area contributed by atoms with E-state index < -0.39 is 0 Å². The fraction of sp³-hybridized carbons (Fsp3) is 0.500. The lowest BCUT2D eigenvalue weighted by atomic mass is 9.96. The Hall–Kier alpha value is -2.01. The van der Waals surface area contributed by atoms with E-state index in [1.54, 1.807) is 11.3 Å². The van der Waals surface area contributed by atoms with Gasteiger partial charge in [-0.15, -0.1) is 11.3 Å². The summed E-state index contributed by atoms with van der Waals surface area (Å²) in [6.45, 7) is 9.73. The van der Waals surface area contributed by atoms with Crippen molar-refractivity contribution in [2.45, 2.75) is 59.3 Å². The number of ketones is 1. The minimum Gasteiger partial charge on any atom is -0.343 e. The molecule has 0 aliphatic carbocycles. The lowest BCUT2D eigenvalue weighted by Crippen LogP contribution is -2.38. The molecule has 27 heavy (non-hydrogen) atoms. The smallest absolute Gasteiger partial charge is 0.223 e. The van der Waals surface area contributed by atoms with Gasteiger partial charge in [-0.2, -0.15) is 0 Å². The molecule has 1 aromatic heterocycles. The Kier molecular flexibility index (Phi) is 6.10. The topological polar surface area (TPSA) is 50.3 Å². The van der Waals surface area contributed by atoms with E-state index in [4.69, 9.17) is 0 Å². The van der Waals surface area contributed by atoms with Crippen molar-refractivity contribution >= 4 is 23.0 Å². The number of amides is 1. The molecule has 0 unspecified atom stereocenters. The van der Waals surface area contributed by atoms with Crippen LogP contribution in [0.15, 0.2) is 18.2 Å². The van der Waals surface area contributed by atoms with E-state index in [9.17, 15) is 9.59 Å². The largest absolute Gasteiger partial charge is 0.343 e. The lowest BCUT2D eigenvalue weighted by Gasteiger charge is -2.31. The first kappa shape index (κ1) is 19.7. The van der Waals surface area contributed by atoms with E-state index >= 15 is 0 Å². The predicted octanol–water partition coefficient (Wildman–Crippen LogP) is 4.75. The van der Waals surface area contributed by atoms with Gasteiger partial charge in [0.15, 0.2) is 5.78 Å². The minimum absolute atomic E-state index is 0.0510. The molecule has 1 aromatic carbocycles. The van der Waals surface area contributed by atoms with Gasteiger partial charge in [-0.25, -0.2) is 4.98 Å². The SMILES string of the molecule is Cc1ccc(C(=O)CCC(=O)N2CCC(c3nc(C)c(C)s3)CC2)cc1C. The van der Waals surface area contributed by atoms with Crippen molar-refractivity contribution in [2.75, 3.05) is 13.1 Å². The summed E-state index contributed by atoms with van der Waals surface area (Å²) in [5.74, 6) is 0.607. The van der Waals surface area contributed by atoms with Crippen LogP contribution < -0.4 is 0 Å². The van der Waals surface area contributed by atoms with Crippen LogP contribution in [0.25, 0.3) is 0 Å². The van der Waals surface area contributed by atoms with Crippen LogP contribution in [0.2, 0.25) is 0 Å². The normalized spacial score (nSPS) is 15.2. The third-order valence-electron chi connectivity index (χ3n) is 5.64. The number of hydrogen-bond donors (Lipinski definition) is 0. The van der Waals surface area contributed by atoms with Gasteiger partial charge in [0.25, 0.3) is 0 Å². The molecule has 144 valence electrons. The molecule has 4 nitrogen and oxygen atoms in total. The minimum atomic E-state index is 0.0510. The molecule has 0 bridgehead atoms. The molecule has 0 spiro atoms. The number of piperidine rings is 1. The molecule has 1 aliphatic rings. The molecule has 0 saturated carbocycles. The second kappa shape index (κ2) is 8.34. The average molecular weight is 385 g/mol. The number of nitrogens with zero attached hydrogens (tertiary/aromatic N) is 2. The third kappa shape index (κ3) is 4.64. The van der Waals surface area contributed by atoms with Crippen LogP contribution in [0.1, 0.15) is 68.7 Å². The number of thiazole rings is 1. The summed E-state index contributed by atoms with van der Waals surface area (Å²) >= 11 is 1.79. The van der Waals surface area contributed by atoms with Gasteiger partial charge >= 0.3 is 0 Å². The van der Waals surface area contributed by atoms with Gasteiger partial charge in [0.05, 0.1) is 10.7 Å². The number of carbonyl (C=O) groups is 2. The van der Waals surface area contributed by atoms with Crippen LogP contribution in [-0.4, -0.2) is 34.7 Å². The molecular formula is C22H28N2O2S. The number of hydrogen-bond acceptors (Lipinski definition) is 4. The number of likely N-dealkylation sites (tertiary alicyclic amines) is 1. The second-order valence-electron chi connectivity index (χ2n) is 7.57. The molecule has 3 rings (SSSR count). The number of carbonyl (C=O) groups excluding carboxylic acids is 2. The number of benzene rings is 1. The van der Waals surface area contributed by atoms with Crippen molar-refractivity contribution in [1.82, 2.24) is 9.88 Å². The van der Waals surface area contributed by atoms with Crippen molar-refractivity contribution in [1.29, 1.82) is 0 Å². The molecule has 2 heterocycles. The maximum atomic E-state index is 12.5.